The highest BCUT2D eigenvalue weighted by molar-refractivity contribution is 6.29. The average molecular weight is 289 g/mol. The molecular weight excluding hydrogens is 276 g/mol. The monoisotopic (exact) mass is 288 g/mol. The number of benzene rings is 1. The van der Waals surface area contributed by atoms with Gasteiger partial charge in [0.1, 0.15) is 16.5 Å². The molecule has 0 unspecified atom stereocenters. The van der Waals surface area contributed by atoms with Gasteiger partial charge in [0.25, 0.3) is 0 Å². The Balaban J connectivity index is 2.50. The van der Waals surface area contributed by atoms with Gasteiger partial charge in [0.15, 0.2) is 5.43 Å². The van der Waals surface area contributed by atoms with Crippen LogP contribution in [0.4, 0.5) is 0 Å². The van der Waals surface area contributed by atoms with Crippen LogP contribution in [0.2, 0.25) is 5.15 Å². The summed E-state index contributed by atoms with van der Waals surface area (Å²) in [6.07, 6.45) is 0. The molecule has 4 nitrogen and oxygen atoms in total. The van der Waals surface area contributed by atoms with Gasteiger partial charge in [-0.25, -0.2) is 4.98 Å². The number of hydrogen-bond donors (Lipinski definition) is 1. The average Bonchev–Trinajstić information content (AvgIpc) is 2.42. The maximum absolute atomic E-state index is 12.5. The maximum atomic E-state index is 12.5. The van der Waals surface area contributed by atoms with E-state index in [9.17, 15) is 4.79 Å². The minimum atomic E-state index is -0.0705. The number of hydrogen-bond acceptors (Lipinski definition) is 3. The van der Waals surface area contributed by atoms with Crippen LogP contribution in [0.3, 0.4) is 0 Å². The zero-order valence-corrected chi connectivity index (χ0v) is 11.9. The van der Waals surface area contributed by atoms with Crippen molar-refractivity contribution in [2.75, 3.05) is 6.61 Å². The molecule has 0 aliphatic carbocycles. The van der Waals surface area contributed by atoms with Gasteiger partial charge in [-0.2, -0.15) is 0 Å². The molecule has 0 spiro atoms. The van der Waals surface area contributed by atoms with Crippen molar-refractivity contribution in [3.05, 3.63) is 45.2 Å². The van der Waals surface area contributed by atoms with Gasteiger partial charge in [0.05, 0.1) is 22.9 Å². The number of pyridine rings is 2. The Morgan fingerprint density at radius 3 is 2.75 bits per heavy atom. The molecule has 1 aromatic carbocycles. The second-order valence-corrected chi connectivity index (χ2v) is 4.94. The molecule has 3 rings (SSSR count). The summed E-state index contributed by atoms with van der Waals surface area (Å²) in [5.74, 6) is 0.686. The van der Waals surface area contributed by atoms with Gasteiger partial charge >= 0.3 is 0 Å². The predicted octanol–water partition coefficient (Wildman–Crippen LogP) is 3.44. The van der Waals surface area contributed by atoms with Crippen LogP contribution in [0, 0.1) is 6.92 Å². The molecule has 3 aromatic rings. The number of halogens is 1. The van der Waals surface area contributed by atoms with Crippen molar-refractivity contribution in [1.82, 2.24) is 9.97 Å². The first-order valence-electron chi connectivity index (χ1n) is 6.36. The van der Waals surface area contributed by atoms with Crippen LogP contribution >= 0.6 is 11.6 Å². The summed E-state index contributed by atoms with van der Waals surface area (Å²) < 4.78 is 5.65. The molecule has 0 saturated carbocycles. The van der Waals surface area contributed by atoms with Crippen molar-refractivity contribution >= 4 is 33.5 Å². The molecular formula is C15H13ClN2O2. The zero-order valence-electron chi connectivity index (χ0n) is 11.2. The molecule has 0 radical (unpaired) electrons. The zero-order chi connectivity index (χ0) is 14.3. The second-order valence-electron chi connectivity index (χ2n) is 4.55. The first-order chi connectivity index (χ1) is 9.61. The van der Waals surface area contributed by atoms with Crippen LogP contribution in [-0.4, -0.2) is 16.6 Å². The van der Waals surface area contributed by atoms with Crippen LogP contribution < -0.4 is 10.2 Å². The molecule has 0 bridgehead atoms. The number of aryl methyl sites for hydroxylation is 1. The smallest absolute Gasteiger partial charge is 0.198 e. The van der Waals surface area contributed by atoms with E-state index in [1.807, 2.05) is 19.9 Å². The third-order valence-corrected chi connectivity index (χ3v) is 3.45. The number of nitrogens with one attached hydrogen (secondary N) is 1. The lowest BCUT2D eigenvalue weighted by Gasteiger charge is -2.11. The molecule has 2 aromatic heterocycles. The molecule has 0 amide bonds. The van der Waals surface area contributed by atoms with E-state index in [1.54, 1.807) is 18.2 Å². The van der Waals surface area contributed by atoms with Crippen LogP contribution in [0.15, 0.2) is 29.1 Å². The van der Waals surface area contributed by atoms with Gasteiger partial charge < -0.3 is 9.72 Å². The van der Waals surface area contributed by atoms with Gasteiger partial charge in [-0.15, -0.1) is 0 Å². The summed E-state index contributed by atoms with van der Waals surface area (Å²) in [4.78, 5) is 19.8. The summed E-state index contributed by atoms with van der Waals surface area (Å²) in [6, 6.07) is 6.99. The number of fused-ring (bicyclic) bond motifs is 2. The van der Waals surface area contributed by atoms with E-state index in [-0.39, 0.29) is 5.43 Å². The fourth-order valence-electron chi connectivity index (χ4n) is 2.31. The summed E-state index contributed by atoms with van der Waals surface area (Å²) >= 11 is 5.89. The van der Waals surface area contributed by atoms with Gasteiger partial charge in [0, 0.05) is 0 Å². The number of ether oxygens (including phenoxy) is 1. The standard InChI is InChI=1S/C15H13ClN2O2/c1-3-20-14-8(2)4-5-9-12(14)18-15-10(13(9)19)6-7-11(16)17-15/h4-7H,3H2,1-2H3,(H,17,18,19). The number of rotatable bonds is 2. The molecule has 5 heteroatoms. The van der Waals surface area contributed by atoms with Crippen molar-refractivity contribution in [2.45, 2.75) is 13.8 Å². The maximum Gasteiger partial charge on any atom is 0.198 e. The van der Waals surface area contributed by atoms with E-state index in [4.69, 9.17) is 16.3 Å². The van der Waals surface area contributed by atoms with E-state index in [0.717, 1.165) is 5.56 Å². The normalized spacial score (nSPS) is 11.2. The highest BCUT2D eigenvalue weighted by Gasteiger charge is 2.12. The summed E-state index contributed by atoms with van der Waals surface area (Å²) in [6.45, 7) is 4.38. The Kier molecular flexibility index (Phi) is 3.10. The van der Waals surface area contributed by atoms with E-state index in [0.29, 0.717) is 39.4 Å². The van der Waals surface area contributed by atoms with Crippen molar-refractivity contribution < 1.29 is 4.74 Å². The highest BCUT2D eigenvalue weighted by atomic mass is 35.5. The number of aromatic amines is 1. The molecule has 0 atom stereocenters. The lowest BCUT2D eigenvalue weighted by molar-refractivity contribution is 0.341. The molecule has 0 aliphatic heterocycles. The first kappa shape index (κ1) is 12.9. The number of aromatic nitrogens is 2. The molecule has 20 heavy (non-hydrogen) atoms. The summed E-state index contributed by atoms with van der Waals surface area (Å²) in [7, 11) is 0. The van der Waals surface area contributed by atoms with Crippen molar-refractivity contribution in [3.8, 4) is 5.75 Å². The van der Waals surface area contributed by atoms with Gasteiger partial charge in [-0.3, -0.25) is 4.79 Å². The van der Waals surface area contributed by atoms with Crippen molar-refractivity contribution in [2.24, 2.45) is 0 Å². The lowest BCUT2D eigenvalue weighted by atomic mass is 10.1. The minimum absolute atomic E-state index is 0.0705. The Morgan fingerprint density at radius 2 is 2.00 bits per heavy atom. The van der Waals surface area contributed by atoms with Crippen LogP contribution in [0.5, 0.6) is 5.75 Å². The van der Waals surface area contributed by atoms with Crippen LogP contribution in [0.25, 0.3) is 21.9 Å². The Bertz CT molecular complexity index is 871. The van der Waals surface area contributed by atoms with Gasteiger partial charge in [-0.1, -0.05) is 17.7 Å². The molecule has 1 N–H and O–H groups in total. The SMILES string of the molecule is CCOc1c(C)ccc2c(=O)c3ccc(Cl)nc3[nH]c12. The topological polar surface area (TPSA) is 55.0 Å². The molecule has 0 aliphatic rings. The quantitative estimate of drug-likeness (QED) is 0.580. The van der Waals surface area contributed by atoms with E-state index < -0.39 is 0 Å². The summed E-state index contributed by atoms with van der Waals surface area (Å²) in [5, 5.41) is 1.46. The fourth-order valence-corrected chi connectivity index (χ4v) is 2.46. The largest absolute Gasteiger partial charge is 0.491 e. The Hall–Kier alpha value is -2.07. The van der Waals surface area contributed by atoms with Crippen molar-refractivity contribution in [3.63, 3.8) is 0 Å². The number of H-pyrrole nitrogens is 1. The predicted molar refractivity (Wildman–Crippen MR) is 80.8 cm³/mol. The lowest BCUT2D eigenvalue weighted by Crippen LogP contribution is -2.07. The molecule has 0 saturated heterocycles. The highest BCUT2D eigenvalue weighted by Crippen LogP contribution is 2.27. The molecule has 0 fully saturated rings. The van der Waals surface area contributed by atoms with Gasteiger partial charge in [-0.05, 0) is 37.6 Å². The van der Waals surface area contributed by atoms with E-state index in [2.05, 4.69) is 9.97 Å². The Morgan fingerprint density at radius 1 is 1.25 bits per heavy atom. The van der Waals surface area contributed by atoms with Gasteiger partial charge in [0.2, 0.25) is 0 Å². The van der Waals surface area contributed by atoms with Crippen molar-refractivity contribution in [1.29, 1.82) is 0 Å². The van der Waals surface area contributed by atoms with Crippen LogP contribution in [-0.2, 0) is 0 Å². The molecule has 2 heterocycles. The van der Waals surface area contributed by atoms with E-state index in [1.165, 1.54) is 0 Å². The fraction of sp³-hybridized carbons (Fsp3) is 0.200. The summed E-state index contributed by atoms with van der Waals surface area (Å²) in [5.41, 5.74) is 2.04. The second kappa shape index (κ2) is 4.80. The van der Waals surface area contributed by atoms with Crippen LogP contribution in [0.1, 0.15) is 12.5 Å². The minimum Gasteiger partial charge on any atom is -0.491 e. The van der Waals surface area contributed by atoms with E-state index >= 15 is 0 Å². The molecule has 102 valence electrons. The Labute approximate surface area is 120 Å². The third-order valence-electron chi connectivity index (χ3n) is 3.24. The third kappa shape index (κ3) is 1.93. The number of nitrogens with zero attached hydrogens (tertiary/aromatic N) is 1. The first-order valence-corrected chi connectivity index (χ1v) is 6.74.